The van der Waals surface area contributed by atoms with Gasteiger partial charge in [-0.05, 0) is 23.6 Å². The van der Waals surface area contributed by atoms with Gasteiger partial charge < -0.3 is 4.74 Å². The van der Waals surface area contributed by atoms with Crippen LogP contribution >= 0.6 is 23.2 Å². The summed E-state index contributed by atoms with van der Waals surface area (Å²) in [6.07, 6.45) is 1.47. The smallest absolute Gasteiger partial charge is 0.436 e. The van der Waals surface area contributed by atoms with Crippen molar-refractivity contribution in [1.82, 2.24) is 10.1 Å². The number of nitrogens with zero attached hydrogens (tertiary/aromatic N) is 2. The Balaban J connectivity index is 1.80. The van der Waals surface area contributed by atoms with E-state index in [0.29, 0.717) is 11.1 Å². The summed E-state index contributed by atoms with van der Waals surface area (Å²) < 4.78 is 10.0. The fourth-order valence-electron chi connectivity index (χ4n) is 2.59. The van der Waals surface area contributed by atoms with Crippen LogP contribution in [0.4, 0.5) is 0 Å². The van der Waals surface area contributed by atoms with Gasteiger partial charge in [-0.1, -0.05) is 42.2 Å². The number of ketones is 2. The standard InChI is InChI=1S/C18H15Cl2N3O5/c1-8(2)10-6-15(21-7-14(10)25)27-16-11(19)3-9(4-12(16)20)5-13(24)17-22-18(26)28-23-17/h3-4,6,8H,5,7H2,1-2H3,(H,22,23,26). The minimum Gasteiger partial charge on any atom is -0.436 e. The van der Waals surface area contributed by atoms with Gasteiger partial charge in [0, 0.05) is 18.1 Å². The summed E-state index contributed by atoms with van der Waals surface area (Å²) in [4.78, 5) is 41.2. The Bertz CT molecular complexity index is 1040. The van der Waals surface area contributed by atoms with Gasteiger partial charge in [0.25, 0.3) is 0 Å². The number of dihydropyridines is 1. The molecule has 0 bridgehead atoms. The number of benzene rings is 1. The lowest BCUT2D eigenvalue weighted by molar-refractivity contribution is -0.114. The Morgan fingerprint density at radius 1 is 1.29 bits per heavy atom. The Morgan fingerprint density at radius 3 is 2.54 bits per heavy atom. The quantitative estimate of drug-likeness (QED) is 0.738. The van der Waals surface area contributed by atoms with Crippen LogP contribution < -0.4 is 10.5 Å². The second kappa shape index (κ2) is 8.12. The van der Waals surface area contributed by atoms with Gasteiger partial charge in [0.15, 0.2) is 11.5 Å². The molecule has 0 fully saturated rings. The van der Waals surface area contributed by atoms with Gasteiger partial charge >= 0.3 is 5.76 Å². The molecule has 0 aliphatic carbocycles. The molecule has 1 aliphatic rings. The van der Waals surface area contributed by atoms with E-state index in [1.54, 1.807) is 6.08 Å². The molecule has 8 nitrogen and oxygen atoms in total. The molecule has 2 aromatic rings. The number of aromatic amines is 1. The fraction of sp³-hybridized carbons (Fsp3) is 0.278. The molecule has 1 aromatic heterocycles. The Hall–Kier alpha value is -2.71. The van der Waals surface area contributed by atoms with Crippen LogP contribution in [-0.4, -0.2) is 34.1 Å². The van der Waals surface area contributed by atoms with E-state index < -0.39 is 11.5 Å². The van der Waals surface area contributed by atoms with Crippen molar-refractivity contribution in [2.75, 3.05) is 6.54 Å². The molecular weight excluding hydrogens is 409 g/mol. The lowest BCUT2D eigenvalue weighted by atomic mass is 9.97. The van der Waals surface area contributed by atoms with Gasteiger partial charge in [-0.25, -0.2) is 9.79 Å². The molecule has 1 N–H and O–H groups in total. The monoisotopic (exact) mass is 423 g/mol. The number of ether oxygens (including phenoxy) is 1. The van der Waals surface area contributed by atoms with Crippen molar-refractivity contribution < 1.29 is 18.8 Å². The molecular formula is C18H15Cl2N3O5. The first kappa shape index (κ1) is 20.0. The molecule has 0 atom stereocenters. The molecule has 10 heteroatoms. The number of halogens is 2. The van der Waals surface area contributed by atoms with Gasteiger partial charge in [0.2, 0.25) is 17.5 Å². The fourth-order valence-corrected chi connectivity index (χ4v) is 3.20. The highest BCUT2D eigenvalue weighted by molar-refractivity contribution is 6.37. The van der Waals surface area contributed by atoms with E-state index in [0.717, 1.165) is 0 Å². The van der Waals surface area contributed by atoms with Crippen LogP contribution in [0.15, 0.2) is 38.1 Å². The molecule has 2 heterocycles. The predicted octanol–water partition coefficient (Wildman–Crippen LogP) is 3.04. The third-order valence-electron chi connectivity index (χ3n) is 3.94. The second-order valence-corrected chi connectivity index (χ2v) is 7.18. The summed E-state index contributed by atoms with van der Waals surface area (Å²) in [6, 6.07) is 3.03. The van der Waals surface area contributed by atoms with Crippen LogP contribution in [0.1, 0.15) is 30.0 Å². The molecule has 0 unspecified atom stereocenters. The maximum Gasteiger partial charge on any atom is 0.439 e. The SMILES string of the molecule is CC(C)C1=CC(Oc2c(Cl)cc(CC(=O)c3noc(=O)[nH]3)cc2Cl)=NCC1=O. The van der Waals surface area contributed by atoms with Crippen molar-refractivity contribution in [3.05, 3.63) is 55.8 Å². The lowest BCUT2D eigenvalue weighted by Gasteiger charge is -2.17. The van der Waals surface area contributed by atoms with Crippen LogP contribution in [0.3, 0.4) is 0 Å². The van der Waals surface area contributed by atoms with Gasteiger partial charge in [-0.3, -0.25) is 19.1 Å². The van der Waals surface area contributed by atoms with E-state index in [9.17, 15) is 14.4 Å². The Morgan fingerprint density at radius 2 is 1.96 bits per heavy atom. The summed E-state index contributed by atoms with van der Waals surface area (Å²) in [6.45, 7) is 3.80. The van der Waals surface area contributed by atoms with Crippen molar-refractivity contribution in [2.45, 2.75) is 20.3 Å². The van der Waals surface area contributed by atoms with Crippen LogP contribution in [-0.2, 0) is 11.2 Å². The first-order chi connectivity index (χ1) is 13.2. The van der Waals surface area contributed by atoms with Crippen molar-refractivity contribution in [2.24, 2.45) is 10.9 Å². The van der Waals surface area contributed by atoms with E-state index in [1.807, 2.05) is 13.8 Å². The van der Waals surface area contributed by atoms with E-state index in [1.165, 1.54) is 12.1 Å². The van der Waals surface area contributed by atoms with Crippen LogP contribution in [0, 0.1) is 5.92 Å². The number of nitrogens with one attached hydrogen (secondary N) is 1. The summed E-state index contributed by atoms with van der Waals surface area (Å²) in [7, 11) is 0. The topological polar surface area (TPSA) is 115 Å². The minimum absolute atomic E-state index is 0.00290. The number of hydrogen-bond donors (Lipinski definition) is 1. The highest BCUT2D eigenvalue weighted by atomic mass is 35.5. The van der Waals surface area contributed by atoms with Crippen molar-refractivity contribution in [3.8, 4) is 5.75 Å². The summed E-state index contributed by atoms with van der Waals surface area (Å²) in [5.41, 5.74) is 1.11. The van der Waals surface area contributed by atoms with E-state index >= 15 is 0 Å². The van der Waals surface area contributed by atoms with Crippen LogP contribution in [0.5, 0.6) is 5.75 Å². The normalized spacial score (nSPS) is 14.1. The van der Waals surface area contributed by atoms with Crippen molar-refractivity contribution in [3.63, 3.8) is 0 Å². The molecule has 28 heavy (non-hydrogen) atoms. The van der Waals surface area contributed by atoms with Gasteiger partial charge in [0.1, 0.15) is 6.54 Å². The maximum absolute atomic E-state index is 12.1. The average Bonchev–Trinajstić information content (AvgIpc) is 3.06. The average molecular weight is 424 g/mol. The van der Waals surface area contributed by atoms with Crippen LogP contribution in [0.25, 0.3) is 0 Å². The number of carbonyl (C=O) groups is 2. The number of Topliss-reactive ketones (excluding diaryl/α,β-unsaturated/α-hetero) is 2. The van der Waals surface area contributed by atoms with Crippen molar-refractivity contribution in [1.29, 1.82) is 0 Å². The molecule has 0 spiro atoms. The molecule has 1 aliphatic heterocycles. The molecule has 3 rings (SSSR count). The molecule has 1 aromatic carbocycles. The second-order valence-electron chi connectivity index (χ2n) is 6.37. The largest absolute Gasteiger partial charge is 0.439 e. The number of rotatable bonds is 5. The number of aromatic nitrogens is 2. The third-order valence-corrected chi connectivity index (χ3v) is 4.50. The highest BCUT2D eigenvalue weighted by Crippen LogP contribution is 2.35. The molecule has 0 saturated carbocycles. The minimum atomic E-state index is -0.816. The van der Waals surface area contributed by atoms with E-state index in [-0.39, 0.29) is 52.2 Å². The number of aliphatic imine (C=N–C) groups is 1. The molecule has 146 valence electrons. The zero-order valence-corrected chi connectivity index (χ0v) is 16.4. The van der Waals surface area contributed by atoms with Gasteiger partial charge in [0.05, 0.1) is 10.0 Å². The first-order valence-electron chi connectivity index (χ1n) is 8.28. The molecule has 0 amide bonds. The Kier molecular flexibility index (Phi) is 5.81. The molecule has 0 radical (unpaired) electrons. The maximum atomic E-state index is 12.1. The summed E-state index contributed by atoms with van der Waals surface area (Å²) in [5, 5.41) is 3.68. The summed E-state index contributed by atoms with van der Waals surface area (Å²) >= 11 is 12.5. The number of hydrogen-bond acceptors (Lipinski definition) is 7. The first-order valence-corrected chi connectivity index (χ1v) is 9.04. The predicted molar refractivity (Wildman–Crippen MR) is 102 cm³/mol. The van der Waals surface area contributed by atoms with Crippen molar-refractivity contribution >= 4 is 40.7 Å². The number of H-pyrrole nitrogens is 1. The van der Waals surface area contributed by atoms with Crippen LogP contribution in [0.2, 0.25) is 10.0 Å². The number of carbonyl (C=O) groups excluding carboxylic acids is 2. The summed E-state index contributed by atoms with van der Waals surface area (Å²) in [5.74, 6) is -1.10. The molecule has 0 saturated heterocycles. The zero-order chi connectivity index (χ0) is 20.4. The van der Waals surface area contributed by atoms with Gasteiger partial charge in [-0.2, -0.15) is 0 Å². The van der Waals surface area contributed by atoms with E-state index in [4.69, 9.17) is 27.9 Å². The van der Waals surface area contributed by atoms with Gasteiger partial charge in [-0.15, -0.1) is 0 Å². The third kappa shape index (κ3) is 4.40. The Labute approximate surface area is 169 Å². The highest BCUT2D eigenvalue weighted by Gasteiger charge is 2.21. The van der Waals surface area contributed by atoms with E-state index in [2.05, 4.69) is 19.7 Å². The zero-order valence-electron chi connectivity index (χ0n) is 14.9. The lowest BCUT2D eigenvalue weighted by Crippen LogP contribution is -2.22.